The van der Waals surface area contributed by atoms with E-state index in [4.69, 9.17) is 8.83 Å². The van der Waals surface area contributed by atoms with Crippen molar-refractivity contribution in [3.8, 4) is 33.6 Å². The Labute approximate surface area is 242 Å². The standard InChI is InChI=1S/C40H24O2/c1-2-11-25(12-3-1)26-13-10-14-27(23-26)38-28-15-4-6-17-30(28)39(31-18-7-5-16-29(31)38)37-24-33-35(42-37)21-22-36-40(33)32-19-8-9-20-34(32)41-36/h1-24H. The van der Waals surface area contributed by atoms with E-state index in [1.807, 2.05) is 24.3 Å². The molecule has 2 heteroatoms. The highest BCUT2D eigenvalue weighted by Crippen LogP contribution is 2.46. The molecule has 0 saturated heterocycles. The molecule has 0 spiro atoms. The quantitative estimate of drug-likeness (QED) is 0.210. The maximum Gasteiger partial charge on any atom is 0.136 e. The molecule has 0 N–H and O–H groups in total. The van der Waals surface area contributed by atoms with E-state index in [-0.39, 0.29) is 0 Å². The molecule has 9 rings (SSSR count). The van der Waals surface area contributed by atoms with Gasteiger partial charge in [0.2, 0.25) is 0 Å². The Balaban J connectivity index is 1.35. The second-order valence-electron chi connectivity index (χ2n) is 10.8. The van der Waals surface area contributed by atoms with Crippen molar-refractivity contribution in [3.05, 3.63) is 146 Å². The molecule has 0 aliphatic rings. The number of furan rings is 2. The van der Waals surface area contributed by atoms with Gasteiger partial charge in [0.1, 0.15) is 22.5 Å². The van der Waals surface area contributed by atoms with E-state index in [0.717, 1.165) is 44.2 Å². The zero-order chi connectivity index (χ0) is 27.6. The summed E-state index contributed by atoms with van der Waals surface area (Å²) in [6.45, 7) is 0. The van der Waals surface area contributed by atoms with Crippen LogP contribution in [0.15, 0.2) is 154 Å². The van der Waals surface area contributed by atoms with Crippen LogP contribution in [0, 0.1) is 0 Å². The second kappa shape index (κ2) is 8.95. The number of hydrogen-bond acceptors (Lipinski definition) is 2. The molecular weight excluding hydrogens is 512 g/mol. The van der Waals surface area contributed by atoms with Crippen LogP contribution in [0.2, 0.25) is 0 Å². The summed E-state index contributed by atoms with van der Waals surface area (Å²) in [4.78, 5) is 0. The lowest BCUT2D eigenvalue weighted by Gasteiger charge is -2.17. The summed E-state index contributed by atoms with van der Waals surface area (Å²) in [6, 6.07) is 51.3. The number of hydrogen-bond donors (Lipinski definition) is 0. The Bertz CT molecular complexity index is 2400. The molecular formula is C40H24O2. The summed E-state index contributed by atoms with van der Waals surface area (Å²) < 4.78 is 12.9. The second-order valence-corrected chi connectivity index (χ2v) is 10.8. The molecule has 9 aromatic rings. The van der Waals surface area contributed by atoms with Crippen molar-refractivity contribution in [2.45, 2.75) is 0 Å². The van der Waals surface area contributed by atoms with Crippen LogP contribution in [-0.2, 0) is 0 Å². The third kappa shape index (κ3) is 3.39. The van der Waals surface area contributed by atoms with Gasteiger partial charge >= 0.3 is 0 Å². The SMILES string of the molecule is c1ccc(-c2cccc(-c3c4ccccc4c(-c4cc5c(ccc6oc7ccccc7c65)o4)c4ccccc34)c2)cc1. The van der Waals surface area contributed by atoms with Crippen molar-refractivity contribution in [1.29, 1.82) is 0 Å². The third-order valence-corrected chi connectivity index (χ3v) is 8.48. The number of fused-ring (bicyclic) bond motifs is 7. The van der Waals surface area contributed by atoms with Gasteiger partial charge in [-0.15, -0.1) is 0 Å². The van der Waals surface area contributed by atoms with Gasteiger partial charge in [-0.1, -0.05) is 115 Å². The molecule has 0 atom stereocenters. The van der Waals surface area contributed by atoms with Crippen molar-refractivity contribution in [2.75, 3.05) is 0 Å². The number of rotatable bonds is 3. The van der Waals surface area contributed by atoms with Gasteiger partial charge in [-0.2, -0.15) is 0 Å². The maximum atomic E-state index is 6.68. The molecule has 0 unspecified atom stereocenters. The van der Waals surface area contributed by atoms with Crippen LogP contribution >= 0.6 is 0 Å². The summed E-state index contributed by atoms with van der Waals surface area (Å²) in [5.41, 5.74) is 8.59. The van der Waals surface area contributed by atoms with E-state index in [1.54, 1.807) is 0 Å². The highest BCUT2D eigenvalue weighted by Gasteiger charge is 2.21. The minimum absolute atomic E-state index is 0.858. The van der Waals surface area contributed by atoms with Crippen LogP contribution in [0.4, 0.5) is 0 Å². The van der Waals surface area contributed by atoms with Crippen LogP contribution in [0.25, 0.3) is 88.0 Å². The van der Waals surface area contributed by atoms with Crippen LogP contribution in [0.5, 0.6) is 0 Å². The molecule has 0 radical (unpaired) electrons. The topological polar surface area (TPSA) is 26.3 Å². The number of para-hydroxylation sites is 1. The molecule has 2 aromatic heterocycles. The Morgan fingerprint density at radius 3 is 1.60 bits per heavy atom. The van der Waals surface area contributed by atoms with Gasteiger partial charge in [-0.25, -0.2) is 0 Å². The smallest absolute Gasteiger partial charge is 0.136 e. The van der Waals surface area contributed by atoms with E-state index >= 15 is 0 Å². The predicted molar refractivity (Wildman–Crippen MR) is 175 cm³/mol. The van der Waals surface area contributed by atoms with E-state index in [1.165, 1.54) is 43.8 Å². The summed E-state index contributed by atoms with van der Waals surface area (Å²) in [7, 11) is 0. The zero-order valence-electron chi connectivity index (χ0n) is 22.7. The lowest BCUT2D eigenvalue weighted by atomic mass is 9.87. The lowest BCUT2D eigenvalue weighted by Crippen LogP contribution is -1.90. The van der Waals surface area contributed by atoms with E-state index in [0.29, 0.717) is 0 Å². The Kier molecular flexibility index (Phi) is 4.93. The van der Waals surface area contributed by atoms with Gasteiger partial charge in [0.05, 0.1) is 0 Å². The van der Waals surface area contributed by atoms with Crippen LogP contribution < -0.4 is 0 Å². The normalized spacial score (nSPS) is 11.8. The Morgan fingerprint density at radius 1 is 0.310 bits per heavy atom. The Hall–Kier alpha value is -5.60. The predicted octanol–water partition coefficient (Wildman–Crippen LogP) is 11.6. The fourth-order valence-electron chi connectivity index (χ4n) is 6.65. The van der Waals surface area contributed by atoms with Crippen molar-refractivity contribution in [2.24, 2.45) is 0 Å². The molecule has 0 fully saturated rings. The van der Waals surface area contributed by atoms with Gasteiger partial charge < -0.3 is 8.83 Å². The van der Waals surface area contributed by atoms with Gasteiger partial charge in [-0.3, -0.25) is 0 Å². The third-order valence-electron chi connectivity index (χ3n) is 8.48. The van der Waals surface area contributed by atoms with Crippen LogP contribution in [0.3, 0.4) is 0 Å². The van der Waals surface area contributed by atoms with Crippen molar-refractivity contribution < 1.29 is 8.83 Å². The average Bonchev–Trinajstić information content (AvgIpc) is 3.65. The molecule has 0 amide bonds. The number of benzene rings is 7. The van der Waals surface area contributed by atoms with Crippen LogP contribution in [0.1, 0.15) is 0 Å². The molecule has 2 heterocycles. The molecule has 0 saturated carbocycles. The van der Waals surface area contributed by atoms with Gasteiger partial charge in [0, 0.05) is 21.7 Å². The molecule has 2 nitrogen and oxygen atoms in total. The van der Waals surface area contributed by atoms with Crippen molar-refractivity contribution >= 4 is 54.5 Å². The molecule has 196 valence electrons. The highest BCUT2D eigenvalue weighted by molar-refractivity contribution is 6.23. The summed E-state index contributed by atoms with van der Waals surface area (Å²) in [5, 5.41) is 8.02. The lowest BCUT2D eigenvalue weighted by molar-refractivity contribution is 0.632. The molecule has 0 aliphatic heterocycles. The molecule has 42 heavy (non-hydrogen) atoms. The first kappa shape index (κ1) is 23.1. The zero-order valence-corrected chi connectivity index (χ0v) is 22.7. The summed E-state index contributed by atoms with van der Waals surface area (Å²) in [5.74, 6) is 0.861. The van der Waals surface area contributed by atoms with E-state index in [9.17, 15) is 0 Å². The van der Waals surface area contributed by atoms with Gasteiger partial charge in [-0.05, 0) is 74.1 Å². The molecule has 0 bridgehead atoms. The minimum Gasteiger partial charge on any atom is -0.456 e. The highest BCUT2D eigenvalue weighted by atomic mass is 16.3. The fraction of sp³-hybridized carbons (Fsp3) is 0. The van der Waals surface area contributed by atoms with Gasteiger partial charge in [0.25, 0.3) is 0 Å². The molecule has 7 aromatic carbocycles. The largest absolute Gasteiger partial charge is 0.456 e. The minimum atomic E-state index is 0.858. The molecule has 0 aliphatic carbocycles. The monoisotopic (exact) mass is 536 g/mol. The first-order chi connectivity index (χ1) is 20.8. The fourth-order valence-corrected chi connectivity index (χ4v) is 6.65. The van der Waals surface area contributed by atoms with Gasteiger partial charge in [0.15, 0.2) is 0 Å². The summed E-state index contributed by atoms with van der Waals surface area (Å²) >= 11 is 0. The Morgan fingerprint density at radius 2 is 0.857 bits per heavy atom. The van der Waals surface area contributed by atoms with E-state index in [2.05, 4.69) is 121 Å². The van der Waals surface area contributed by atoms with Crippen LogP contribution in [-0.4, -0.2) is 0 Å². The summed E-state index contributed by atoms with van der Waals surface area (Å²) in [6.07, 6.45) is 0. The average molecular weight is 537 g/mol. The van der Waals surface area contributed by atoms with Crippen molar-refractivity contribution in [3.63, 3.8) is 0 Å². The maximum absolute atomic E-state index is 6.68. The van der Waals surface area contributed by atoms with E-state index < -0.39 is 0 Å². The first-order valence-corrected chi connectivity index (χ1v) is 14.3. The van der Waals surface area contributed by atoms with Crippen molar-refractivity contribution in [1.82, 2.24) is 0 Å². The first-order valence-electron chi connectivity index (χ1n) is 14.3.